The van der Waals surface area contributed by atoms with Crippen LogP contribution in [0.1, 0.15) is 15.9 Å². The number of ether oxygens (including phenoxy) is 1. The van der Waals surface area contributed by atoms with Crippen molar-refractivity contribution in [2.24, 2.45) is 0 Å². The van der Waals surface area contributed by atoms with E-state index in [1.54, 1.807) is 30.3 Å². The molecule has 0 aliphatic carbocycles. The van der Waals surface area contributed by atoms with Crippen LogP contribution in [0.4, 0.5) is 0 Å². The summed E-state index contributed by atoms with van der Waals surface area (Å²) in [6, 6.07) is 8.13. The van der Waals surface area contributed by atoms with Gasteiger partial charge in [-0.1, -0.05) is 23.2 Å². The molecule has 0 aliphatic heterocycles. The lowest BCUT2D eigenvalue weighted by Crippen LogP contribution is -2.01. The molecule has 0 amide bonds. The quantitative estimate of drug-likeness (QED) is 0.920. The van der Waals surface area contributed by atoms with Crippen molar-refractivity contribution in [3.8, 4) is 11.6 Å². The summed E-state index contributed by atoms with van der Waals surface area (Å²) in [5, 5.41) is 9.58. The van der Waals surface area contributed by atoms with E-state index in [1.807, 2.05) is 6.92 Å². The van der Waals surface area contributed by atoms with Crippen LogP contribution in [0.25, 0.3) is 0 Å². The van der Waals surface area contributed by atoms with Crippen LogP contribution in [0.2, 0.25) is 5.02 Å². The molecule has 18 heavy (non-hydrogen) atoms. The van der Waals surface area contributed by atoms with Crippen molar-refractivity contribution in [3.05, 3.63) is 52.7 Å². The van der Waals surface area contributed by atoms with Crippen LogP contribution in [-0.4, -0.2) is 16.1 Å². The fourth-order valence-electron chi connectivity index (χ4n) is 1.44. The molecule has 0 saturated heterocycles. The predicted octanol–water partition coefficient (Wildman–Crippen LogP) is 3.53. The van der Waals surface area contributed by atoms with Crippen LogP contribution in [-0.2, 0) is 0 Å². The maximum Gasteiger partial charge on any atom is 0.339 e. The van der Waals surface area contributed by atoms with Crippen molar-refractivity contribution in [2.75, 3.05) is 0 Å². The number of pyridine rings is 1. The van der Waals surface area contributed by atoms with Gasteiger partial charge >= 0.3 is 5.97 Å². The molecule has 1 aromatic carbocycles. The van der Waals surface area contributed by atoms with E-state index in [9.17, 15) is 4.79 Å². The molecule has 0 aliphatic rings. The minimum Gasteiger partial charge on any atom is -0.478 e. The number of carbonyl (C=O) groups is 1. The third-order valence-corrected chi connectivity index (χ3v) is 2.50. The number of halogens is 1. The molecule has 0 radical (unpaired) electrons. The molecule has 2 rings (SSSR count). The van der Waals surface area contributed by atoms with E-state index in [4.69, 9.17) is 21.4 Å². The summed E-state index contributed by atoms with van der Waals surface area (Å²) in [5.41, 5.74) is 0.954. The first-order valence-corrected chi connectivity index (χ1v) is 5.57. The topological polar surface area (TPSA) is 59.4 Å². The van der Waals surface area contributed by atoms with Gasteiger partial charge in [-0.3, -0.25) is 0 Å². The number of hydrogen-bond donors (Lipinski definition) is 1. The molecular weight excluding hydrogens is 254 g/mol. The fourth-order valence-corrected chi connectivity index (χ4v) is 1.55. The highest BCUT2D eigenvalue weighted by atomic mass is 35.5. The van der Waals surface area contributed by atoms with E-state index in [0.29, 0.717) is 10.9 Å². The Kier molecular flexibility index (Phi) is 3.48. The third-order valence-electron chi connectivity index (χ3n) is 2.28. The molecule has 0 spiro atoms. The Labute approximate surface area is 109 Å². The number of hydrogen-bond acceptors (Lipinski definition) is 3. The summed E-state index contributed by atoms with van der Waals surface area (Å²) in [5.74, 6) is -0.490. The van der Waals surface area contributed by atoms with E-state index in [0.717, 1.165) is 5.56 Å². The second-order valence-corrected chi connectivity index (χ2v) is 4.16. The first-order valence-electron chi connectivity index (χ1n) is 5.19. The standard InChI is InChI=1S/C13H10ClNO3/c1-8-2-4-11(10(6-8)13(16)17)18-12-5-3-9(14)7-15-12/h2-7H,1H3,(H,16,17). The number of nitrogens with zero attached hydrogens (tertiary/aromatic N) is 1. The van der Waals surface area contributed by atoms with E-state index < -0.39 is 5.97 Å². The lowest BCUT2D eigenvalue weighted by Gasteiger charge is -2.08. The number of rotatable bonds is 3. The minimum atomic E-state index is -1.04. The van der Waals surface area contributed by atoms with Crippen molar-refractivity contribution in [1.82, 2.24) is 4.98 Å². The average molecular weight is 264 g/mol. The number of aromatic nitrogens is 1. The minimum absolute atomic E-state index is 0.103. The van der Waals surface area contributed by atoms with Gasteiger partial charge < -0.3 is 9.84 Å². The van der Waals surface area contributed by atoms with E-state index >= 15 is 0 Å². The zero-order valence-electron chi connectivity index (χ0n) is 9.55. The summed E-state index contributed by atoms with van der Waals surface area (Å²) in [4.78, 5) is 15.0. The molecule has 0 saturated carbocycles. The highest BCUT2D eigenvalue weighted by molar-refractivity contribution is 6.30. The Morgan fingerprint density at radius 2 is 2.11 bits per heavy atom. The molecule has 1 N–H and O–H groups in total. The number of aryl methyl sites for hydroxylation is 1. The average Bonchev–Trinajstić information content (AvgIpc) is 2.34. The first-order chi connectivity index (χ1) is 8.56. The van der Waals surface area contributed by atoms with Crippen molar-refractivity contribution >= 4 is 17.6 Å². The lowest BCUT2D eigenvalue weighted by molar-refractivity contribution is 0.0694. The fraction of sp³-hybridized carbons (Fsp3) is 0.0769. The summed E-state index contributed by atoms with van der Waals surface area (Å²) < 4.78 is 5.43. The Hall–Kier alpha value is -2.07. The van der Waals surface area contributed by atoms with Gasteiger partial charge in [-0.25, -0.2) is 9.78 Å². The summed E-state index contributed by atoms with van der Waals surface area (Å²) in [6.45, 7) is 1.82. The largest absolute Gasteiger partial charge is 0.478 e. The molecule has 2 aromatic rings. The molecule has 0 unspecified atom stereocenters. The van der Waals surface area contributed by atoms with E-state index in [1.165, 1.54) is 6.20 Å². The van der Waals surface area contributed by atoms with Gasteiger partial charge in [0.2, 0.25) is 5.88 Å². The maximum absolute atomic E-state index is 11.1. The number of carboxylic acid groups (broad SMARTS) is 1. The van der Waals surface area contributed by atoms with Gasteiger partial charge in [0, 0.05) is 12.3 Å². The van der Waals surface area contributed by atoms with Gasteiger partial charge in [-0.2, -0.15) is 0 Å². The second kappa shape index (κ2) is 5.06. The summed E-state index contributed by atoms with van der Waals surface area (Å²) >= 11 is 5.70. The number of benzene rings is 1. The van der Waals surface area contributed by atoms with Crippen LogP contribution in [0.3, 0.4) is 0 Å². The van der Waals surface area contributed by atoms with Gasteiger partial charge in [-0.15, -0.1) is 0 Å². The van der Waals surface area contributed by atoms with E-state index in [-0.39, 0.29) is 11.3 Å². The smallest absolute Gasteiger partial charge is 0.339 e. The Morgan fingerprint density at radius 1 is 1.33 bits per heavy atom. The Bertz CT molecular complexity index is 581. The first kappa shape index (κ1) is 12.4. The molecule has 4 nitrogen and oxygen atoms in total. The van der Waals surface area contributed by atoms with Gasteiger partial charge in [0.25, 0.3) is 0 Å². The monoisotopic (exact) mass is 263 g/mol. The van der Waals surface area contributed by atoms with E-state index in [2.05, 4.69) is 4.98 Å². The van der Waals surface area contributed by atoms with Gasteiger partial charge in [0.05, 0.1) is 5.02 Å². The molecule has 0 bridgehead atoms. The summed E-state index contributed by atoms with van der Waals surface area (Å²) in [6.07, 6.45) is 1.44. The van der Waals surface area contributed by atoms with Gasteiger partial charge in [0.15, 0.2) is 0 Å². The SMILES string of the molecule is Cc1ccc(Oc2ccc(Cl)cn2)c(C(=O)O)c1. The zero-order valence-corrected chi connectivity index (χ0v) is 10.3. The molecule has 1 aromatic heterocycles. The van der Waals surface area contributed by atoms with Crippen LogP contribution in [0.5, 0.6) is 11.6 Å². The number of carboxylic acids is 1. The van der Waals surface area contributed by atoms with Crippen LogP contribution < -0.4 is 4.74 Å². The molecule has 5 heteroatoms. The molecule has 0 atom stereocenters. The van der Waals surface area contributed by atoms with Crippen molar-refractivity contribution in [2.45, 2.75) is 6.92 Å². The highest BCUT2D eigenvalue weighted by Crippen LogP contribution is 2.25. The molecular formula is C13H10ClNO3. The highest BCUT2D eigenvalue weighted by Gasteiger charge is 2.12. The normalized spacial score (nSPS) is 10.1. The molecule has 1 heterocycles. The maximum atomic E-state index is 11.1. The van der Waals surface area contributed by atoms with Crippen molar-refractivity contribution in [3.63, 3.8) is 0 Å². The Balaban J connectivity index is 2.34. The third kappa shape index (κ3) is 2.78. The van der Waals surface area contributed by atoms with Gasteiger partial charge in [-0.05, 0) is 25.1 Å². The van der Waals surface area contributed by atoms with Crippen molar-refractivity contribution in [1.29, 1.82) is 0 Å². The second-order valence-electron chi connectivity index (χ2n) is 3.72. The van der Waals surface area contributed by atoms with Crippen LogP contribution in [0.15, 0.2) is 36.5 Å². The lowest BCUT2D eigenvalue weighted by atomic mass is 10.1. The van der Waals surface area contributed by atoms with Crippen LogP contribution >= 0.6 is 11.6 Å². The Morgan fingerprint density at radius 3 is 2.72 bits per heavy atom. The number of aromatic carboxylic acids is 1. The molecule has 92 valence electrons. The molecule has 0 fully saturated rings. The zero-order chi connectivity index (χ0) is 13.1. The predicted molar refractivity (Wildman–Crippen MR) is 67.5 cm³/mol. The van der Waals surface area contributed by atoms with Crippen LogP contribution in [0, 0.1) is 6.92 Å². The van der Waals surface area contributed by atoms with Gasteiger partial charge in [0.1, 0.15) is 11.3 Å². The summed E-state index contributed by atoms with van der Waals surface area (Å²) in [7, 11) is 0. The van der Waals surface area contributed by atoms with Crippen molar-refractivity contribution < 1.29 is 14.6 Å².